The van der Waals surface area contributed by atoms with Gasteiger partial charge in [0.2, 0.25) is 17.8 Å². The van der Waals surface area contributed by atoms with Crippen molar-refractivity contribution in [3.63, 3.8) is 0 Å². The van der Waals surface area contributed by atoms with Crippen LogP contribution in [-0.4, -0.2) is 106 Å². The number of ether oxygens (including phenoxy) is 1. The molecule has 3 aromatic carbocycles. The van der Waals surface area contributed by atoms with Gasteiger partial charge in [-0.05, 0) is 61.7 Å². The van der Waals surface area contributed by atoms with Crippen LogP contribution in [0.2, 0.25) is 0 Å². The predicted octanol–water partition coefficient (Wildman–Crippen LogP) is 4.60. The SMILES string of the molecule is COc1cc(N2CCN(C3CN(c4ccc5c(c4)C(=O)N(C4CCC(=O)NC4=O)C5=O)C3)CC2)ccc1Nc1nccc(-c2cn(C3CC3)c3ccccc23)n1. The highest BCUT2D eigenvalue weighted by Crippen LogP contribution is 2.41. The number of amides is 4. The van der Waals surface area contributed by atoms with E-state index in [2.05, 4.69) is 77.5 Å². The molecule has 4 amide bonds. The van der Waals surface area contributed by atoms with E-state index in [1.165, 1.54) is 23.7 Å². The summed E-state index contributed by atoms with van der Waals surface area (Å²) in [5, 5.41) is 6.84. The molecule has 0 radical (unpaired) electrons. The largest absolute Gasteiger partial charge is 0.494 e. The number of hydrogen-bond acceptors (Lipinski definition) is 11. The smallest absolute Gasteiger partial charge is 0.262 e. The summed E-state index contributed by atoms with van der Waals surface area (Å²) in [5.74, 6) is -0.743. The van der Waals surface area contributed by atoms with Gasteiger partial charge in [-0.2, -0.15) is 0 Å². The number of fused-ring (bicyclic) bond motifs is 2. The van der Waals surface area contributed by atoms with E-state index in [1.54, 1.807) is 25.4 Å². The zero-order chi connectivity index (χ0) is 38.1. The number of carbonyl (C=O) groups excluding carboxylic acids is 4. The second kappa shape index (κ2) is 13.5. The number of piperidine rings is 1. The van der Waals surface area contributed by atoms with Crippen LogP contribution in [0.15, 0.2) is 79.1 Å². The van der Waals surface area contributed by atoms with Gasteiger partial charge in [0.25, 0.3) is 11.8 Å². The maximum Gasteiger partial charge on any atom is 0.262 e. The molecule has 2 aromatic heterocycles. The Labute approximate surface area is 323 Å². The number of para-hydroxylation sites is 1. The molecule has 4 fully saturated rings. The van der Waals surface area contributed by atoms with Crippen molar-refractivity contribution < 1.29 is 23.9 Å². The van der Waals surface area contributed by atoms with Gasteiger partial charge in [0.15, 0.2) is 0 Å². The molecular weight excluding hydrogens is 711 g/mol. The summed E-state index contributed by atoms with van der Waals surface area (Å²) < 4.78 is 8.23. The van der Waals surface area contributed by atoms with Crippen LogP contribution in [0.4, 0.5) is 23.0 Å². The van der Waals surface area contributed by atoms with E-state index >= 15 is 0 Å². The molecule has 5 aromatic rings. The van der Waals surface area contributed by atoms with E-state index in [-0.39, 0.29) is 18.7 Å². The fourth-order valence-electron chi connectivity index (χ4n) is 8.63. The third-order valence-corrected chi connectivity index (χ3v) is 11.9. The van der Waals surface area contributed by atoms with Crippen LogP contribution in [-0.2, 0) is 9.59 Å². The highest BCUT2D eigenvalue weighted by atomic mass is 16.5. The maximum absolute atomic E-state index is 13.3. The Kier molecular flexibility index (Phi) is 8.24. The third-order valence-electron chi connectivity index (χ3n) is 11.9. The summed E-state index contributed by atoms with van der Waals surface area (Å²) in [6, 6.07) is 22.0. The zero-order valence-corrected chi connectivity index (χ0v) is 31.0. The molecule has 56 heavy (non-hydrogen) atoms. The molecule has 2 N–H and O–H groups in total. The average molecular weight is 752 g/mol. The lowest BCUT2D eigenvalue weighted by Crippen LogP contribution is -2.63. The van der Waals surface area contributed by atoms with Gasteiger partial charge < -0.3 is 24.4 Å². The fourth-order valence-corrected chi connectivity index (χ4v) is 8.63. The van der Waals surface area contributed by atoms with E-state index in [4.69, 9.17) is 9.72 Å². The Morgan fingerprint density at radius 2 is 1.55 bits per heavy atom. The van der Waals surface area contributed by atoms with Crippen LogP contribution in [0.3, 0.4) is 0 Å². The summed E-state index contributed by atoms with van der Waals surface area (Å²) in [5.41, 5.74) is 6.58. The van der Waals surface area contributed by atoms with Crippen LogP contribution in [0.1, 0.15) is 52.4 Å². The van der Waals surface area contributed by atoms with Crippen LogP contribution in [0.25, 0.3) is 22.2 Å². The van der Waals surface area contributed by atoms with Gasteiger partial charge in [-0.1, -0.05) is 18.2 Å². The first-order valence-electron chi connectivity index (χ1n) is 19.3. The molecule has 1 aliphatic carbocycles. The Morgan fingerprint density at radius 1 is 0.786 bits per heavy atom. The number of carbonyl (C=O) groups is 4. The first kappa shape index (κ1) is 34.2. The van der Waals surface area contributed by atoms with Crippen molar-refractivity contribution in [1.29, 1.82) is 0 Å². The van der Waals surface area contributed by atoms with E-state index in [0.717, 1.165) is 72.5 Å². The van der Waals surface area contributed by atoms with Crippen molar-refractivity contribution in [2.45, 2.75) is 43.8 Å². The van der Waals surface area contributed by atoms with Crippen molar-refractivity contribution in [3.05, 3.63) is 90.3 Å². The number of nitrogens with one attached hydrogen (secondary N) is 2. The second-order valence-electron chi connectivity index (χ2n) is 15.2. The molecule has 284 valence electrons. The van der Waals surface area contributed by atoms with Gasteiger partial charge in [0.05, 0.1) is 29.6 Å². The average Bonchev–Trinajstić information content (AvgIpc) is 3.93. The molecule has 3 saturated heterocycles. The van der Waals surface area contributed by atoms with E-state index in [9.17, 15) is 19.2 Å². The maximum atomic E-state index is 13.3. The quantitative estimate of drug-likeness (QED) is 0.204. The summed E-state index contributed by atoms with van der Waals surface area (Å²) in [6.45, 7) is 5.21. The Hall–Kier alpha value is -6.28. The van der Waals surface area contributed by atoms with Crippen LogP contribution >= 0.6 is 0 Å². The van der Waals surface area contributed by atoms with Crippen molar-refractivity contribution in [2.75, 3.05) is 61.5 Å². The third kappa shape index (κ3) is 5.91. The minimum absolute atomic E-state index is 0.0940. The van der Waals surface area contributed by atoms with Crippen LogP contribution in [0.5, 0.6) is 5.75 Å². The molecule has 1 saturated carbocycles. The molecule has 5 aliphatic rings. The van der Waals surface area contributed by atoms with Gasteiger partial charge in [0, 0.05) is 104 Å². The zero-order valence-electron chi connectivity index (χ0n) is 31.0. The second-order valence-corrected chi connectivity index (χ2v) is 15.2. The van der Waals surface area contributed by atoms with Crippen LogP contribution < -0.4 is 25.2 Å². The van der Waals surface area contributed by atoms with Crippen molar-refractivity contribution in [1.82, 2.24) is 29.7 Å². The molecule has 14 heteroatoms. The first-order valence-corrected chi connectivity index (χ1v) is 19.3. The summed E-state index contributed by atoms with van der Waals surface area (Å²) >= 11 is 0. The Balaban J connectivity index is 0.759. The number of benzene rings is 3. The normalized spacial score (nSPS) is 20.4. The topological polar surface area (TPSA) is 145 Å². The minimum atomic E-state index is -0.971. The van der Waals surface area contributed by atoms with Crippen molar-refractivity contribution in [2.24, 2.45) is 0 Å². The Bertz CT molecular complexity index is 2430. The molecule has 4 aliphatic heterocycles. The molecule has 6 heterocycles. The van der Waals surface area contributed by atoms with Crippen molar-refractivity contribution in [3.8, 4) is 17.0 Å². The number of imide groups is 2. The number of piperazine rings is 1. The highest BCUT2D eigenvalue weighted by molar-refractivity contribution is 6.23. The number of nitrogens with zero attached hydrogens (tertiary/aromatic N) is 7. The molecule has 14 nitrogen and oxygen atoms in total. The van der Waals surface area contributed by atoms with E-state index < -0.39 is 23.8 Å². The monoisotopic (exact) mass is 751 g/mol. The lowest BCUT2D eigenvalue weighted by atomic mass is 10.0. The number of anilines is 4. The Morgan fingerprint density at radius 3 is 2.34 bits per heavy atom. The molecule has 0 spiro atoms. The number of hydrogen-bond donors (Lipinski definition) is 2. The molecule has 1 unspecified atom stereocenters. The molecular formula is C42H41N9O5. The molecule has 0 bridgehead atoms. The van der Waals surface area contributed by atoms with Gasteiger partial charge in [0.1, 0.15) is 11.8 Å². The standard InChI is InChI=1S/C42H41N9O5/c1-56-37-21-27(9-11-34(37)45-42-43-15-14-33(44-42)32-24-50(25-6-7-25)35-5-3-2-4-29(32)35)47-16-18-48(19-17-47)28-22-49(23-28)26-8-10-30-31(20-26)41(55)51(40(30)54)36-12-13-38(52)46-39(36)53/h2-5,8-11,14-15,20-21,24-25,28,36H,6-7,12-13,16-19,22-23H2,1H3,(H,43,44,45)(H,46,52,53). The molecule has 1 atom stereocenters. The lowest BCUT2D eigenvalue weighted by Gasteiger charge is -2.49. The first-order chi connectivity index (χ1) is 27.3. The van der Waals surface area contributed by atoms with Crippen molar-refractivity contribution >= 4 is 57.5 Å². The number of rotatable bonds is 9. The number of aromatic nitrogens is 3. The molecule has 10 rings (SSSR count). The summed E-state index contributed by atoms with van der Waals surface area (Å²) in [6.07, 6.45) is 6.68. The summed E-state index contributed by atoms with van der Waals surface area (Å²) in [4.78, 5) is 68.1. The fraction of sp³-hybridized carbons (Fsp3) is 0.333. The lowest BCUT2D eigenvalue weighted by molar-refractivity contribution is -0.136. The van der Waals surface area contributed by atoms with E-state index in [0.29, 0.717) is 34.9 Å². The summed E-state index contributed by atoms with van der Waals surface area (Å²) in [7, 11) is 1.68. The number of methoxy groups -OCH3 is 1. The van der Waals surface area contributed by atoms with Gasteiger partial charge in [-0.15, -0.1) is 0 Å². The van der Waals surface area contributed by atoms with Gasteiger partial charge >= 0.3 is 0 Å². The van der Waals surface area contributed by atoms with E-state index in [1.807, 2.05) is 18.2 Å². The van der Waals surface area contributed by atoms with Crippen LogP contribution in [0, 0.1) is 0 Å². The van der Waals surface area contributed by atoms with Gasteiger partial charge in [-0.3, -0.25) is 34.3 Å². The minimum Gasteiger partial charge on any atom is -0.494 e. The van der Waals surface area contributed by atoms with Gasteiger partial charge in [-0.25, -0.2) is 9.97 Å². The highest BCUT2D eigenvalue weighted by Gasteiger charge is 2.45. The predicted molar refractivity (Wildman–Crippen MR) is 210 cm³/mol.